The molecule has 3 N–H and O–H groups in total. The van der Waals surface area contributed by atoms with Gasteiger partial charge in [0.25, 0.3) is 5.91 Å². The summed E-state index contributed by atoms with van der Waals surface area (Å²) in [5.41, 5.74) is 7.82. The van der Waals surface area contributed by atoms with Crippen LogP contribution in [0.1, 0.15) is 15.9 Å². The molecule has 0 spiro atoms. The standard InChI is InChI=1S/C16H18FN3O/c1-20(2)10-11-4-3-5-13(8-11)19-16(21)14-9-12(17)6-7-15(14)18/h3-9H,10,18H2,1-2H3,(H,19,21). The molecular weight excluding hydrogens is 269 g/mol. The second kappa shape index (κ2) is 6.37. The van der Waals surface area contributed by atoms with Gasteiger partial charge in [0.2, 0.25) is 0 Å². The van der Waals surface area contributed by atoms with E-state index < -0.39 is 11.7 Å². The van der Waals surface area contributed by atoms with Gasteiger partial charge in [-0.3, -0.25) is 4.79 Å². The molecule has 2 rings (SSSR count). The summed E-state index contributed by atoms with van der Waals surface area (Å²) in [7, 11) is 3.94. The number of amides is 1. The topological polar surface area (TPSA) is 58.4 Å². The molecule has 5 heteroatoms. The van der Waals surface area contributed by atoms with Crippen molar-refractivity contribution in [1.29, 1.82) is 0 Å². The van der Waals surface area contributed by atoms with Crippen molar-refractivity contribution >= 4 is 17.3 Å². The Bertz CT molecular complexity index is 656. The number of carbonyl (C=O) groups is 1. The van der Waals surface area contributed by atoms with Crippen LogP contribution in [0.3, 0.4) is 0 Å². The number of nitrogen functional groups attached to an aromatic ring is 1. The first-order valence-corrected chi connectivity index (χ1v) is 6.56. The fourth-order valence-electron chi connectivity index (χ4n) is 2.04. The molecule has 2 aromatic carbocycles. The van der Waals surface area contributed by atoms with Crippen molar-refractivity contribution in [2.45, 2.75) is 6.54 Å². The van der Waals surface area contributed by atoms with E-state index in [1.165, 1.54) is 12.1 Å². The normalized spacial score (nSPS) is 10.7. The van der Waals surface area contributed by atoms with Gasteiger partial charge in [-0.25, -0.2) is 4.39 Å². The van der Waals surface area contributed by atoms with Gasteiger partial charge in [-0.05, 0) is 50.0 Å². The van der Waals surface area contributed by atoms with Crippen molar-refractivity contribution in [1.82, 2.24) is 4.90 Å². The zero-order valence-corrected chi connectivity index (χ0v) is 12.1. The minimum absolute atomic E-state index is 0.132. The van der Waals surface area contributed by atoms with Crippen molar-refractivity contribution in [2.24, 2.45) is 0 Å². The summed E-state index contributed by atoms with van der Waals surface area (Å²) in [5.74, 6) is -0.912. The average Bonchev–Trinajstić information content (AvgIpc) is 2.41. The summed E-state index contributed by atoms with van der Waals surface area (Å²) in [4.78, 5) is 14.2. The summed E-state index contributed by atoms with van der Waals surface area (Å²) in [6.07, 6.45) is 0. The molecule has 2 aromatic rings. The molecule has 0 atom stereocenters. The summed E-state index contributed by atoms with van der Waals surface area (Å²) in [6, 6.07) is 11.3. The fourth-order valence-corrected chi connectivity index (χ4v) is 2.04. The van der Waals surface area contributed by atoms with Crippen LogP contribution in [0.5, 0.6) is 0 Å². The van der Waals surface area contributed by atoms with E-state index >= 15 is 0 Å². The van der Waals surface area contributed by atoms with Gasteiger partial charge in [-0.15, -0.1) is 0 Å². The van der Waals surface area contributed by atoms with Crippen molar-refractivity contribution in [3.63, 3.8) is 0 Å². The second-order valence-electron chi connectivity index (χ2n) is 5.12. The molecule has 110 valence electrons. The fraction of sp³-hybridized carbons (Fsp3) is 0.188. The number of halogens is 1. The van der Waals surface area contributed by atoms with E-state index in [9.17, 15) is 9.18 Å². The van der Waals surface area contributed by atoms with Gasteiger partial charge in [0.15, 0.2) is 0 Å². The zero-order valence-electron chi connectivity index (χ0n) is 12.1. The first-order valence-electron chi connectivity index (χ1n) is 6.56. The number of nitrogens with zero attached hydrogens (tertiary/aromatic N) is 1. The van der Waals surface area contributed by atoms with Gasteiger partial charge >= 0.3 is 0 Å². The lowest BCUT2D eigenvalue weighted by Crippen LogP contribution is -2.15. The van der Waals surface area contributed by atoms with Crippen LogP contribution in [0, 0.1) is 5.82 Å². The Hall–Kier alpha value is -2.40. The third kappa shape index (κ3) is 4.03. The SMILES string of the molecule is CN(C)Cc1cccc(NC(=O)c2cc(F)ccc2N)c1. The van der Waals surface area contributed by atoms with Crippen LogP contribution in [-0.4, -0.2) is 24.9 Å². The predicted molar refractivity (Wildman–Crippen MR) is 82.6 cm³/mol. The van der Waals surface area contributed by atoms with E-state index in [2.05, 4.69) is 5.32 Å². The zero-order chi connectivity index (χ0) is 15.4. The number of benzene rings is 2. The Morgan fingerprint density at radius 3 is 2.71 bits per heavy atom. The minimum atomic E-state index is -0.490. The maximum absolute atomic E-state index is 13.2. The van der Waals surface area contributed by atoms with Crippen LogP contribution in [0.2, 0.25) is 0 Å². The van der Waals surface area contributed by atoms with Crippen LogP contribution in [0.4, 0.5) is 15.8 Å². The maximum Gasteiger partial charge on any atom is 0.257 e. The highest BCUT2D eigenvalue weighted by molar-refractivity contribution is 6.07. The average molecular weight is 287 g/mol. The molecule has 1 amide bonds. The lowest BCUT2D eigenvalue weighted by Gasteiger charge is -2.12. The van der Waals surface area contributed by atoms with E-state index in [1.54, 1.807) is 6.07 Å². The molecule has 0 saturated carbocycles. The molecule has 0 heterocycles. The molecule has 0 fully saturated rings. The van der Waals surface area contributed by atoms with E-state index in [-0.39, 0.29) is 11.3 Å². The first-order chi connectivity index (χ1) is 9.95. The van der Waals surface area contributed by atoms with Crippen LogP contribution < -0.4 is 11.1 Å². The van der Waals surface area contributed by atoms with Crippen molar-refractivity contribution in [3.05, 3.63) is 59.4 Å². The molecule has 0 radical (unpaired) electrons. The number of nitrogens with two attached hydrogens (primary N) is 1. The van der Waals surface area contributed by atoms with Gasteiger partial charge in [-0.2, -0.15) is 0 Å². The Morgan fingerprint density at radius 2 is 2.00 bits per heavy atom. The molecule has 0 unspecified atom stereocenters. The smallest absolute Gasteiger partial charge is 0.257 e. The van der Waals surface area contributed by atoms with Gasteiger partial charge in [0.1, 0.15) is 5.82 Å². The third-order valence-electron chi connectivity index (χ3n) is 2.94. The molecule has 0 aromatic heterocycles. The molecule has 0 aliphatic carbocycles. The molecule has 4 nitrogen and oxygen atoms in total. The number of hydrogen-bond donors (Lipinski definition) is 2. The lowest BCUT2D eigenvalue weighted by molar-refractivity contribution is 0.102. The number of anilines is 2. The highest BCUT2D eigenvalue weighted by Crippen LogP contribution is 2.17. The van der Waals surface area contributed by atoms with Crippen molar-refractivity contribution < 1.29 is 9.18 Å². The van der Waals surface area contributed by atoms with Crippen molar-refractivity contribution in [2.75, 3.05) is 25.1 Å². The predicted octanol–water partition coefficient (Wildman–Crippen LogP) is 2.72. The van der Waals surface area contributed by atoms with Crippen LogP contribution in [0.15, 0.2) is 42.5 Å². The Balaban J connectivity index is 2.17. The second-order valence-corrected chi connectivity index (χ2v) is 5.12. The van der Waals surface area contributed by atoms with E-state index in [1.807, 2.05) is 37.2 Å². The van der Waals surface area contributed by atoms with E-state index in [0.29, 0.717) is 5.69 Å². The summed E-state index contributed by atoms with van der Waals surface area (Å²) >= 11 is 0. The third-order valence-corrected chi connectivity index (χ3v) is 2.94. The Morgan fingerprint density at radius 1 is 1.24 bits per heavy atom. The molecule has 0 aliphatic rings. The maximum atomic E-state index is 13.2. The Labute approximate surface area is 123 Å². The number of rotatable bonds is 4. The highest BCUT2D eigenvalue weighted by Gasteiger charge is 2.11. The minimum Gasteiger partial charge on any atom is -0.398 e. The van der Waals surface area contributed by atoms with Crippen molar-refractivity contribution in [3.8, 4) is 0 Å². The molecule has 0 saturated heterocycles. The lowest BCUT2D eigenvalue weighted by atomic mass is 10.1. The van der Waals surface area contributed by atoms with Gasteiger partial charge < -0.3 is 16.0 Å². The first kappa shape index (κ1) is 15.0. The summed E-state index contributed by atoms with van der Waals surface area (Å²) in [5, 5.41) is 2.74. The number of carbonyl (C=O) groups excluding carboxylic acids is 1. The number of nitrogens with one attached hydrogen (secondary N) is 1. The summed E-state index contributed by atoms with van der Waals surface area (Å²) < 4.78 is 13.2. The highest BCUT2D eigenvalue weighted by atomic mass is 19.1. The van der Waals surface area contributed by atoms with Crippen LogP contribution in [0.25, 0.3) is 0 Å². The summed E-state index contributed by atoms with van der Waals surface area (Å²) in [6.45, 7) is 0.770. The van der Waals surface area contributed by atoms with E-state index in [0.717, 1.165) is 18.2 Å². The van der Waals surface area contributed by atoms with E-state index in [4.69, 9.17) is 5.73 Å². The molecule has 0 aliphatic heterocycles. The van der Waals surface area contributed by atoms with Gasteiger partial charge in [-0.1, -0.05) is 12.1 Å². The largest absolute Gasteiger partial charge is 0.398 e. The van der Waals surface area contributed by atoms with Gasteiger partial charge in [0.05, 0.1) is 5.56 Å². The van der Waals surface area contributed by atoms with Gasteiger partial charge in [0, 0.05) is 17.9 Å². The molecule has 0 bridgehead atoms. The molecule has 21 heavy (non-hydrogen) atoms. The monoisotopic (exact) mass is 287 g/mol. The van der Waals surface area contributed by atoms with Crippen LogP contribution in [-0.2, 0) is 6.54 Å². The Kier molecular flexibility index (Phi) is 4.55. The molecular formula is C16H18FN3O. The van der Waals surface area contributed by atoms with Crippen LogP contribution >= 0.6 is 0 Å². The quantitative estimate of drug-likeness (QED) is 0.850. The number of hydrogen-bond acceptors (Lipinski definition) is 3.